The van der Waals surface area contributed by atoms with E-state index in [9.17, 15) is 10.1 Å². The van der Waals surface area contributed by atoms with Gasteiger partial charge in [0, 0.05) is 37.5 Å². The number of anilines is 1. The maximum atomic E-state index is 10.8. The molecule has 0 atom stereocenters. The van der Waals surface area contributed by atoms with Crippen LogP contribution in [0, 0.1) is 10.1 Å². The molecule has 0 bridgehead atoms. The van der Waals surface area contributed by atoms with Gasteiger partial charge in [-0.1, -0.05) is 0 Å². The maximum Gasteiger partial charge on any atom is 0.269 e. The van der Waals surface area contributed by atoms with Gasteiger partial charge >= 0.3 is 0 Å². The number of non-ortho nitro benzene ring substituents is 1. The van der Waals surface area contributed by atoms with Gasteiger partial charge in [0.05, 0.1) is 11.5 Å². The SMILES string of the molecule is Nc1ccc([N+](=O)[O-])cc1CN1CCn2cnnc2C1. The average Bonchev–Trinajstić information content (AvgIpc) is 2.88. The molecule has 0 saturated carbocycles. The van der Waals surface area contributed by atoms with Gasteiger partial charge in [-0.25, -0.2) is 0 Å². The van der Waals surface area contributed by atoms with Gasteiger partial charge in [0.1, 0.15) is 12.2 Å². The zero-order valence-electron chi connectivity index (χ0n) is 10.8. The van der Waals surface area contributed by atoms with Crippen LogP contribution in [0.2, 0.25) is 0 Å². The lowest BCUT2D eigenvalue weighted by Crippen LogP contribution is -2.33. The van der Waals surface area contributed by atoms with Crippen molar-refractivity contribution < 1.29 is 4.92 Å². The molecule has 0 unspecified atom stereocenters. The lowest BCUT2D eigenvalue weighted by Gasteiger charge is -2.27. The van der Waals surface area contributed by atoms with E-state index in [1.54, 1.807) is 12.4 Å². The fraction of sp³-hybridized carbons (Fsp3) is 0.333. The number of hydrogen-bond donors (Lipinski definition) is 1. The van der Waals surface area contributed by atoms with Gasteiger partial charge in [-0.15, -0.1) is 10.2 Å². The first-order chi connectivity index (χ1) is 9.63. The summed E-state index contributed by atoms with van der Waals surface area (Å²) in [6.45, 7) is 2.90. The second-order valence-corrected chi connectivity index (χ2v) is 4.79. The highest BCUT2D eigenvalue weighted by molar-refractivity contribution is 5.52. The summed E-state index contributed by atoms with van der Waals surface area (Å²) in [4.78, 5) is 12.6. The number of nitrogens with two attached hydrogens (primary N) is 1. The molecule has 2 N–H and O–H groups in total. The van der Waals surface area contributed by atoms with Crippen LogP contribution in [0.3, 0.4) is 0 Å². The lowest BCUT2D eigenvalue weighted by molar-refractivity contribution is -0.384. The standard InChI is InChI=1S/C12H14N6O2/c13-11-2-1-10(18(19)20)5-9(11)6-16-3-4-17-8-14-15-12(17)7-16/h1-2,5,8H,3-4,6-7,13H2. The third kappa shape index (κ3) is 2.32. The van der Waals surface area contributed by atoms with Gasteiger partial charge in [0.15, 0.2) is 0 Å². The zero-order valence-corrected chi connectivity index (χ0v) is 10.8. The van der Waals surface area contributed by atoms with Crippen LogP contribution in [0.5, 0.6) is 0 Å². The van der Waals surface area contributed by atoms with Gasteiger partial charge < -0.3 is 10.3 Å². The summed E-state index contributed by atoms with van der Waals surface area (Å²) in [5.41, 5.74) is 7.31. The molecule has 0 radical (unpaired) electrons. The molecule has 20 heavy (non-hydrogen) atoms. The van der Waals surface area contributed by atoms with Crippen molar-refractivity contribution >= 4 is 11.4 Å². The van der Waals surface area contributed by atoms with Gasteiger partial charge in [-0.3, -0.25) is 15.0 Å². The summed E-state index contributed by atoms with van der Waals surface area (Å²) < 4.78 is 2.01. The van der Waals surface area contributed by atoms with Crippen LogP contribution >= 0.6 is 0 Å². The highest BCUT2D eigenvalue weighted by Crippen LogP contribution is 2.22. The number of nitrogens with zero attached hydrogens (tertiary/aromatic N) is 5. The van der Waals surface area contributed by atoms with Gasteiger partial charge in [-0.05, 0) is 11.6 Å². The van der Waals surface area contributed by atoms with E-state index in [-0.39, 0.29) is 5.69 Å². The largest absolute Gasteiger partial charge is 0.398 e. The minimum atomic E-state index is -0.407. The summed E-state index contributed by atoms with van der Waals surface area (Å²) >= 11 is 0. The summed E-state index contributed by atoms with van der Waals surface area (Å²) in [6.07, 6.45) is 1.72. The van der Waals surface area contributed by atoms with Crippen LogP contribution < -0.4 is 5.73 Å². The fourth-order valence-corrected chi connectivity index (χ4v) is 2.33. The van der Waals surface area contributed by atoms with E-state index in [1.807, 2.05) is 4.57 Å². The maximum absolute atomic E-state index is 10.8. The quantitative estimate of drug-likeness (QED) is 0.504. The summed E-state index contributed by atoms with van der Waals surface area (Å²) in [5, 5.41) is 18.7. The monoisotopic (exact) mass is 274 g/mol. The van der Waals surface area contributed by atoms with E-state index in [1.165, 1.54) is 12.1 Å². The molecule has 3 rings (SSSR count). The van der Waals surface area contributed by atoms with Crippen molar-refractivity contribution in [2.45, 2.75) is 19.6 Å². The molecule has 1 aromatic carbocycles. The van der Waals surface area contributed by atoms with Gasteiger partial charge in [0.25, 0.3) is 5.69 Å². The molecule has 1 aliphatic rings. The van der Waals surface area contributed by atoms with Gasteiger partial charge in [-0.2, -0.15) is 0 Å². The summed E-state index contributed by atoms with van der Waals surface area (Å²) in [5.74, 6) is 0.903. The Bertz CT molecular complexity index is 653. The molecule has 0 amide bonds. The molecular weight excluding hydrogens is 260 g/mol. The first-order valence-electron chi connectivity index (χ1n) is 6.25. The van der Waals surface area contributed by atoms with Crippen LogP contribution in [0.1, 0.15) is 11.4 Å². The molecule has 0 saturated heterocycles. The van der Waals surface area contributed by atoms with E-state index in [2.05, 4.69) is 15.1 Å². The molecule has 2 aromatic rings. The normalized spacial score (nSPS) is 15.0. The molecule has 104 valence electrons. The Balaban J connectivity index is 1.78. The molecule has 0 fully saturated rings. The van der Waals surface area contributed by atoms with Crippen molar-refractivity contribution in [3.8, 4) is 0 Å². The first-order valence-corrected chi connectivity index (χ1v) is 6.25. The molecule has 8 nitrogen and oxygen atoms in total. The lowest BCUT2D eigenvalue weighted by atomic mass is 10.1. The predicted molar refractivity (Wildman–Crippen MR) is 71.6 cm³/mol. The van der Waals surface area contributed by atoms with Crippen LogP contribution in [0.25, 0.3) is 0 Å². The third-order valence-corrected chi connectivity index (χ3v) is 3.45. The first kappa shape index (κ1) is 12.5. The second kappa shape index (κ2) is 4.89. The Labute approximate surface area is 115 Å². The van der Waals surface area contributed by atoms with Crippen molar-refractivity contribution in [3.05, 3.63) is 46.0 Å². The number of aromatic nitrogens is 3. The smallest absolute Gasteiger partial charge is 0.269 e. The van der Waals surface area contributed by atoms with Crippen molar-refractivity contribution in [3.63, 3.8) is 0 Å². The highest BCUT2D eigenvalue weighted by atomic mass is 16.6. The molecule has 8 heteroatoms. The van der Waals surface area contributed by atoms with Gasteiger partial charge in [0.2, 0.25) is 0 Å². The minimum Gasteiger partial charge on any atom is -0.398 e. The topological polar surface area (TPSA) is 103 Å². The summed E-state index contributed by atoms with van der Waals surface area (Å²) in [6, 6.07) is 4.54. The van der Waals surface area contributed by atoms with E-state index in [0.717, 1.165) is 24.5 Å². The van der Waals surface area contributed by atoms with Crippen molar-refractivity contribution in [1.82, 2.24) is 19.7 Å². The molecule has 0 spiro atoms. The van der Waals surface area contributed by atoms with Crippen LogP contribution in [0.4, 0.5) is 11.4 Å². The minimum absolute atomic E-state index is 0.0642. The van der Waals surface area contributed by atoms with E-state index >= 15 is 0 Å². The average molecular weight is 274 g/mol. The molecule has 1 aliphatic heterocycles. The van der Waals surface area contributed by atoms with Crippen LogP contribution in [-0.2, 0) is 19.6 Å². The Morgan fingerprint density at radius 2 is 2.25 bits per heavy atom. The van der Waals surface area contributed by atoms with E-state index in [0.29, 0.717) is 18.8 Å². The van der Waals surface area contributed by atoms with Crippen molar-refractivity contribution in [1.29, 1.82) is 0 Å². The highest BCUT2D eigenvalue weighted by Gasteiger charge is 2.19. The third-order valence-electron chi connectivity index (χ3n) is 3.45. The molecule has 1 aromatic heterocycles. The van der Waals surface area contributed by atoms with E-state index < -0.39 is 4.92 Å². The Kier molecular flexibility index (Phi) is 3.07. The number of nitro groups is 1. The fourth-order valence-electron chi connectivity index (χ4n) is 2.33. The number of rotatable bonds is 3. The Morgan fingerprint density at radius 3 is 3.05 bits per heavy atom. The van der Waals surface area contributed by atoms with Crippen molar-refractivity contribution in [2.24, 2.45) is 0 Å². The predicted octanol–water partition coefficient (Wildman–Crippen LogP) is 0.784. The van der Waals surface area contributed by atoms with E-state index in [4.69, 9.17) is 5.73 Å². The summed E-state index contributed by atoms with van der Waals surface area (Å²) in [7, 11) is 0. The number of benzene rings is 1. The number of hydrogen-bond acceptors (Lipinski definition) is 6. The number of nitrogen functional groups attached to an aromatic ring is 1. The zero-order chi connectivity index (χ0) is 14.1. The van der Waals surface area contributed by atoms with Crippen LogP contribution in [-0.4, -0.2) is 31.1 Å². The Hall–Kier alpha value is -2.48. The second-order valence-electron chi connectivity index (χ2n) is 4.79. The van der Waals surface area contributed by atoms with Crippen molar-refractivity contribution in [2.75, 3.05) is 12.3 Å². The number of nitro benzene ring substituents is 1. The Morgan fingerprint density at radius 1 is 1.40 bits per heavy atom. The number of fused-ring (bicyclic) bond motifs is 1. The molecule has 0 aliphatic carbocycles. The molecular formula is C12H14N6O2. The molecule has 2 heterocycles. The van der Waals surface area contributed by atoms with Crippen LogP contribution in [0.15, 0.2) is 24.5 Å².